The molecule has 0 heterocycles. The number of ether oxygens (including phenoxy) is 1. The molecule has 0 saturated heterocycles. The largest absolute Gasteiger partial charge is 0.694 e. The van der Waals surface area contributed by atoms with Gasteiger partial charge in [-0.2, -0.15) is 11.8 Å². The molecule has 0 saturated carbocycles. The van der Waals surface area contributed by atoms with E-state index in [0.717, 1.165) is 0 Å². The molecule has 0 aliphatic heterocycles. The second-order valence-corrected chi connectivity index (χ2v) is 12.5. The maximum atomic E-state index is 10.6. The second-order valence-electron chi connectivity index (χ2n) is 10.4. The summed E-state index contributed by atoms with van der Waals surface area (Å²) >= 11 is 2.10. The maximum absolute atomic E-state index is 10.6. The fraction of sp³-hybridized carbons (Fsp3) is 0.806. The van der Waals surface area contributed by atoms with Gasteiger partial charge in [-0.3, -0.25) is 0 Å². The van der Waals surface area contributed by atoms with E-state index in [1.165, 1.54) is 120 Å². The normalized spacial score (nSPS) is 13.5. The molecule has 214 valence electrons. The monoisotopic (exact) mass is 555 g/mol. The highest BCUT2D eigenvalue weighted by molar-refractivity contribution is 7.99. The maximum Gasteiger partial charge on any atom is 0.694 e. The smallest absolute Gasteiger partial charge is 0.377 e. The average Bonchev–Trinajstić information content (AvgIpc) is 2.90. The van der Waals surface area contributed by atoms with Gasteiger partial charge in [0.25, 0.3) is 0 Å². The number of benzene rings is 1. The lowest BCUT2D eigenvalue weighted by Gasteiger charge is -2.24. The van der Waals surface area contributed by atoms with E-state index < -0.39 is 8.25 Å². The van der Waals surface area contributed by atoms with Gasteiger partial charge in [-0.25, -0.2) is 0 Å². The lowest BCUT2D eigenvalue weighted by molar-refractivity contribution is 0.0543. The quantitative estimate of drug-likeness (QED) is 0.0864. The van der Waals surface area contributed by atoms with Gasteiger partial charge in [-0.05, 0) is 50.3 Å². The van der Waals surface area contributed by atoms with Gasteiger partial charge in [0.05, 0.1) is 6.10 Å². The molecule has 1 rings (SSSR count). The lowest BCUT2D eigenvalue weighted by Crippen LogP contribution is -2.24. The van der Waals surface area contributed by atoms with Gasteiger partial charge < -0.3 is 4.74 Å². The molecule has 3 atom stereocenters. The summed E-state index contributed by atoms with van der Waals surface area (Å²) in [6, 6.07) is 10.9. The molecule has 1 N–H and O–H groups in total. The van der Waals surface area contributed by atoms with Gasteiger partial charge in [-0.1, -0.05) is 121 Å². The van der Waals surface area contributed by atoms with Crippen LogP contribution < -0.4 is 0 Å². The van der Waals surface area contributed by atoms with E-state index in [0.29, 0.717) is 18.3 Å². The van der Waals surface area contributed by atoms with E-state index in [1.54, 1.807) is 0 Å². The topological polar surface area (TPSA) is 55.8 Å². The van der Waals surface area contributed by atoms with Crippen molar-refractivity contribution in [3.05, 3.63) is 35.9 Å². The predicted molar refractivity (Wildman–Crippen MR) is 162 cm³/mol. The minimum atomic E-state index is -2.50. The van der Waals surface area contributed by atoms with Crippen LogP contribution in [-0.4, -0.2) is 35.2 Å². The zero-order valence-electron chi connectivity index (χ0n) is 23.9. The molecule has 0 bridgehead atoms. The van der Waals surface area contributed by atoms with Crippen molar-refractivity contribution in [1.29, 1.82) is 0 Å². The van der Waals surface area contributed by atoms with E-state index in [2.05, 4.69) is 55.9 Å². The van der Waals surface area contributed by atoms with Crippen molar-refractivity contribution < 1.29 is 18.7 Å². The molecule has 0 aliphatic carbocycles. The van der Waals surface area contributed by atoms with Gasteiger partial charge in [0.15, 0.2) is 0 Å². The van der Waals surface area contributed by atoms with Crippen LogP contribution in [0.25, 0.3) is 0 Å². The van der Waals surface area contributed by atoms with Crippen LogP contribution in [0.1, 0.15) is 129 Å². The van der Waals surface area contributed by atoms with Crippen LogP contribution in [0.4, 0.5) is 0 Å². The standard InChI is InChI=1S/C31H55O4PS/c1-3-4-5-12-19-25-31(29(2)34-26-21-27-35-36(32)33)37-28-20-14-11-9-7-6-8-10-13-16-22-30-23-17-15-18-24-30/h15,17-18,23-24,29,31H,3-14,16,19-22,25-28H2,1-2H3/p+1/t29-,31+/m0/s1. The van der Waals surface area contributed by atoms with E-state index in [4.69, 9.17) is 14.2 Å². The van der Waals surface area contributed by atoms with E-state index in [-0.39, 0.29) is 12.7 Å². The van der Waals surface area contributed by atoms with Crippen molar-refractivity contribution in [2.45, 2.75) is 141 Å². The highest BCUT2D eigenvalue weighted by Crippen LogP contribution is 2.25. The minimum absolute atomic E-state index is 0.215. The number of hydrogen-bond donors (Lipinski definition) is 1. The number of unbranched alkanes of at least 4 members (excludes halogenated alkanes) is 13. The predicted octanol–water partition coefficient (Wildman–Crippen LogP) is 10.1. The summed E-state index contributed by atoms with van der Waals surface area (Å²) < 4.78 is 21.4. The van der Waals surface area contributed by atoms with Crippen LogP contribution in [0.2, 0.25) is 0 Å². The summed E-state index contributed by atoms with van der Waals surface area (Å²) in [5.74, 6) is 1.23. The SMILES string of the molecule is CCCCCCC[C@@H](SCCCCCCCCCCCCc1ccccc1)[C@H](C)OCCCO[P+](=O)O. The first-order valence-corrected chi connectivity index (χ1v) is 17.4. The first-order valence-electron chi connectivity index (χ1n) is 15.2. The summed E-state index contributed by atoms with van der Waals surface area (Å²) in [6.07, 6.45) is 23.6. The van der Waals surface area contributed by atoms with Crippen LogP contribution in [-0.2, 0) is 20.2 Å². The molecule has 1 aromatic rings. The zero-order valence-corrected chi connectivity index (χ0v) is 25.6. The van der Waals surface area contributed by atoms with Crippen molar-refractivity contribution in [3.8, 4) is 0 Å². The Morgan fingerprint density at radius 3 is 2.03 bits per heavy atom. The number of hydrogen-bond acceptors (Lipinski definition) is 4. The van der Waals surface area contributed by atoms with Gasteiger partial charge in [-0.15, -0.1) is 9.42 Å². The van der Waals surface area contributed by atoms with Crippen LogP contribution in [0.3, 0.4) is 0 Å². The first kappa shape index (κ1) is 34.6. The molecule has 0 aromatic heterocycles. The molecule has 1 aromatic carbocycles. The minimum Gasteiger partial charge on any atom is -0.377 e. The second kappa shape index (κ2) is 25.8. The summed E-state index contributed by atoms with van der Waals surface area (Å²) in [7, 11) is -2.50. The summed E-state index contributed by atoms with van der Waals surface area (Å²) in [4.78, 5) is 8.72. The highest BCUT2D eigenvalue weighted by Gasteiger charge is 2.18. The molecule has 4 nitrogen and oxygen atoms in total. The van der Waals surface area contributed by atoms with Crippen LogP contribution in [0, 0.1) is 0 Å². The van der Waals surface area contributed by atoms with E-state index in [1.807, 2.05) is 0 Å². The van der Waals surface area contributed by atoms with Crippen molar-refractivity contribution in [3.63, 3.8) is 0 Å². The average molecular weight is 556 g/mol. The third-order valence-corrected chi connectivity index (χ3v) is 9.00. The summed E-state index contributed by atoms with van der Waals surface area (Å²) in [5, 5.41) is 0.541. The number of rotatable bonds is 27. The summed E-state index contributed by atoms with van der Waals surface area (Å²) in [5.41, 5.74) is 1.48. The Balaban J connectivity index is 2.04. The van der Waals surface area contributed by atoms with Crippen molar-refractivity contribution >= 4 is 20.0 Å². The highest BCUT2D eigenvalue weighted by atomic mass is 32.2. The fourth-order valence-corrected chi connectivity index (χ4v) is 6.35. The molecule has 0 amide bonds. The van der Waals surface area contributed by atoms with Crippen molar-refractivity contribution in [2.75, 3.05) is 19.0 Å². The third kappa shape index (κ3) is 22.1. The van der Waals surface area contributed by atoms with E-state index in [9.17, 15) is 4.57 Å². The number of thioether (sulfide) groups is 1. The van der Waals surface area contributed by atoms with Gasteiger partial charge >= 0.3 is 8.25 Å². The fourth-order valence-electron chi connectivity index (χ4n) is 4.71. The Hall–Kier alpha value is -0.450. The van der Waals surface area contributed by atoms with Crippen molar-refractivity contribution in [1.82, 2.24) is 0 Å². The molecule has 0 aliphatic rings. The van der Waals surface area contributed by atoms with E-state index >= 15 is 0 Å². The summed E-state index contributed by atoms with van der Waals surface area (Å²) in [6.45, 7) is 5.32. The Labute approximate surface area is 234 Å². The molecule has 0 fully saturated rings. The Morgan fingerprint density at radius 2 is 1.38 bits per heavy atom. The van der Waals surface area contributed by atoms with Crippen molar-refractivity contribution in [2.24, 2.45) is 0 Å². The Kier molecular flexibility index (Phi) is 24.1. The third-order valence-electron chi connectivity index (χ3n) is 7.02. The molecule has 0 spiro atoms. The molecular formula is C31H56O4PS+. The molecule has 37 heavy (non-hydrogen) atoms. The Bertz CT molecular complexity index is 631. The Morgan fingerprint density at radius 1 is 0.784 bits per heavy atom. The van der Waals surface area contributed by atoms with Gasteiger partial charge in [0.2, 0.25) is 0 Å². The van der Waals surface area contributed by atoms with Crippen LogP contribution in [0.15, 0.2) is 30.3 Å². The van der Waals surface area contributed by atoms with Crippen LogP contribution >= 0.6 is 20.0 Å². The lowest BCUT2D eigenvalue weighted by atomic mass is 10.0. The molecule has 1 unspecified atom stereocenters. The van der Waals surface area contributed by atoms with Crippen LogP contribution in [0.5, 0.6) is 0 Å². The zero-order chi connectivity index (χ0) is 26.8. The first-order chi connectivity index (χ1) is 18.1. The molecule has 6 heteroatoms. The molecule has 0 radical (unpaired) electrons. The molecular weight excluding hydrogens is 499 g/mol. The number of aryl methyl sites for hydroxylation is 1. The van der Waals surface area contributed by atoms with Gasteiger partial charge in [0.1, 0.15) is 6.61 Å². The van der Waals surface area contributed by atoms with Gasteiger partial charge in [0, 0.05) is 16.4 Å².